The van der Waals surface area contributed by atoms with Crippen molar-refractivity contribution in [3.8, 4) is 0 Å². The zero-order valence-electron chi connectivity index (χ0n) is 12.7. The molecule has 6 nitrogen and oxygen atoms in total. The van der Waals surface area contributed by atoms with Crippen LogP contribution in [0.4, 0.5) is 0 Å². The van der Waals surface area contributed by atoms with Crippen molar-refractivity contribution >= 4 is 17.9 Å². The third-order valence-corrected chi connectivity index (χ3v) is 3.90. The maximum absolute atomic E-state index is 12.2. The summed E-state index contributed by atoms with van der Waals surface area (Å²) in [5.74, 6) is -2.50. The second kappa shape index (κ2) is 7.24. The molecule has 6 heteroatoms. The molecular weight excluding hydrogens is 276 g/mol. The second-order valence-corrected chi connectivity index (χ2v) is 5.15. The lowest BCUT2D eigenvalue weighted by Gasteiger charge is -2.38. The minimum Gasteiger partial charge on any atom is -0.468 e. The van der Waals surface area contributed by atoms with Gasteiger partial charge in [0.15, 0.2) is 5.41 Å². The summed E-state index contributed by atoms with van der Waals surface area (Å²) in [7, 11) is 2.42. The average molecular weight is 298 g/mol. The molecule has 1 aliphatic carbocycles. The van der Waals surface area contributed by atoms with Crippen molar-refractivity contribution in [2.45, 2.75) is 26.2 Å². The first-order chi connectivity index (χ1) is 9.94. The molecule has 0 bridgehead atoms. The molecular formula is C15H22O6. The third kappa shape index (κ3) is 3.43. The van der Waals surface area contributed by atoms with Gasteiger partial charge in [0.1, 0.15) is 0 Å². The Bertz CT molecular complexity index is 412. The number of carbonyl (C=O) groups excluding carboxylic acids is 3. The van der Waals surface area contributed by atoms with Crippen molar-refractivity contribution in [3.63, 3.8) is 0 Å². The van der Waals surface area contributed by atoms with Crippen LogP contribution in [-0.4, -0.2) is 38.7 Å². The predicted molar refractivity (Wildman–Crippen MR) is 74.1 cm³/mol. The van der Waals surface area contributed by atoms with Crippen LogP contribution in [0.1, 0.15) is 26.2 Å². The van der Waals surface area contributed by atoms with E-state index in [1.165, 1.54) is 14.2 Å². The summed E-state index contributed by atoms with van der Waals surface area (Å²) in [6, 6.07) is 0. The Balaban J connectivity index is 3.15. The second-order valence-electron chi connectivity index (χ2n) is 5.15. The van der Waals surface area contributed by atoms with Crippen molar-refractivity contribution in [3.05, 3.63) is 12.7 Å². The zero-order chi connectivity index (χ0) is 16.0. The fraction of sp³-hybridized carbons (Fsp3) is 0.667. The number of allylic oxidation sites excluding steroid dienone is 1. The summed E-state index contributed by atoms with van der Waals surface area (Å²) < 4.78 is 14.6. The Morgan fingerprint density at radius 2 is 1.76 bits per heavy atom. The van der Waals surface area contributed by atoms with Crippen molar-refractivity contribution in [1.82, 2.24) is 0 Å². The van der Waals surface area contributed by atoms with Gasteiger partial charge < -0.3 is 14.2 Å². The Hall–Kier alpha value is -1.85. The van der Waals surface area contributed by atoms with E-state index in [2.05, 4.69) is 6.58 Å². The molecule has 1 fully saturated rings. The lowest BCUT2D eigenvalue weighted by atomic mass is 9.65. The zero-order valence-corrected chi connectivity index (χ0v) is 12.7. The minimum absolute atomic E-state index is 0.0372. The summed E-state index contributed by atoms with van der Waals surface area (Å²) in [6.45, 7) is 5.66. The third-order valence-electron chi connectivity index (χ3n) is 3.90. The summed E-state index contributed by atoms with van der Waals surface area (Å²) in [5.41, 5.74) is -1.47. The van der Waals surface area contributed by atoms with Crippen LogP contribution < -0.4 is 0 Å². The average Bonchev–Trinajstić information content (AvgIpc) is 2.52. The summed E-state index contributed by atoms with van der Waals surface area (Å²) in [6.07, 6.45) is 2.41. The van der Waals surface area contributed by atoms with Crippen LogP contribution in [0.2, 0.25) is 0 Å². The molecule has 1 saturated carbocycles. The summed E-state index contributed by atoms with van der Waals surface area (Å²) in [5, 5.41) is 0. The van der Waals surface area contributed by atoms with Gasteiger partial charge in [0.05, 0.1) is 26.7 Å². The normalized spacial score (nSPS) is 23.8. The van der Waals surface area contributed by atoms with E-state index < -0.39 is 29.2 Å². The molecule has 21 heavy (non-hydrogen) atoms. The molecule has 0 aromatic rings. The van der Waals surface area contributed by atoms with Gasteiger partial charge in [0, 0.05) is 0 Å². The Morgan fingerprint density at radius 1 is 1.19 bits per heavy atom. The van der Waals surface area contributed by atoms with E-state index in [0.29, 0.717) is 6.42 Å². The number of rotatable bonds is 5. The lowest BCUT2D eigenvalue weighted by Crippen LogP contribution is -2.48. The van der Waals surface area contributed by atoms with E-state index in [-0.39, 0.29) is 25.4 Å². The quantitative estimate of drug-likeness (QED) is 0.331. The van der Waals surface area contributed by atoms with Crippen molar-refractivity contribution < 1.29 is 28.6 Å². The topological polar surface area (TPSA) is 78.9 Å². The van der Waals surface area contributed by atoms with Gasteiger partial charge in [-0.25, -0.2) is 0 Å². The highest BCUT2D eigenvalue weighted by Crippen LogP contribution is 2.45. The largest absolute Gasteiger partial charge is 0.468 e. The SMILES string of the molecule is C=C[C@H]1C[C@@H](C(=O)OCC)CC(C(=O)OC)(C(=O)OC)C1. The molecule has 0 aromatic carbocycles. The Kier molecular flexibility index (Phi) is 5.93. The van der Waals surface area contributed by atoms with E-state index >= 15 is 0 Å². The molecule has 0 heterocycles. The van der Waals surface area contributed by atoms with Crippen molar-refractivity contribution in [1.29, 1.82) is 0 Å². The predicted octanol–water partition coefficient (Wildman–Crippen LogP) is 1.48. The highest BCUT2D eigenvalue weighted by Gasteiger charge is 2.54. The van der Waals surface area contributed by atoms with Crippen LogP contribution in [0, 0.1) is 17.3 Å². The Labute approximate surface area is 124 Å². The number of esters is 3. The van der Waals surface area contributed by atoms with Crippen LogP contribution in [0.3, 0.4) is 0 Å². The number of hydrogen-bond donors (Lipinski definition) is 0. The van der Waals surface area contributed by atoms with E-state index in [1.54, 1.807) is 13.0 Å². The van der Waals surface area contributed by atoms with E-state index in [0.717, 1.165) is 0 Å². The van der Waals surface area contributed by atoms with E-state index in [4.69, 9.17) is 14.2 Å². The lowest BCUT2D eigenvalue weighted by molar-refractivity contribution is -0.176. The standard InChI is InChI=1S/C15H22O6/c1-5-10-7-11(12(16)21-6-2)9-15(8-10,13(17)19-3)14(18)20-4/h5,10-11H,1,6-9H2,2-4H3/t10-,11+/m0/s1. The molecule has 1 rings (SSSR count). The van der Waals surface area contributed by atoms with Gasteiger partial charge >= 0.3 is 17.9 Å². The highest BCUT2D eigenvalue weighted by molar-refractivity contribution is 6.00. The first-order valence-corrected chi connectivity index (χ1v) is 6.91. The summed E-state index contributed by atoms with van der Waals surface area (Å²) >= 11 is 0. The van der Waals surface area contributed by atoms with Gasteiger partial charge in [0.2, 0.25) is 0 Å². The van der Waals surface area contributed by atoms with Crippen LogP contribution in [0.5, 0.6) is 0 Å². The number of ether oxygens (including phenoxy) is 3. The van der Waals surface area contributed by atoms with Gasteiger partial charge in [0.25, 0.3) is 0 Å². The molecule has 1 aliphatic rings. The van der Waals surface area contributed by atoms with Gasteiger partial charge in [-0.2, -0.15) is 0 Å². The van der Waals surface area contributed by atoms with Crippen LogP contribution >= 0.6 is 0 Å². The van der Waals surface area contributed by atoms with E-state index in [1.807, 2.05) is 0 Å². The molecule has 2 atom stereocenters. The number of methoxy groups -OCH3 is 2. The first-order valence-electron chi connectivity index (χ1n) is 6.91. The minimum atomic E-state index is -1.47. The van der Waals surface area contributed by atoms with Crippen molar-refractivity contribution in [2.75, 3.05) is 20.8 Å². The van der Waals surface area contributed by atoms with E-state index in [9.17, 15) is 14.4 Å². The van der Waals surface area contributed by atoms with Crippen molar-refractivity contribution in [2.24, 2.45) is 17.3 Å². The molecule has 0 radical (unpaired) electrons. The number of carbonyl (C=O) groups is 3. The molecule has 0 aliphatic heterocycles. The van der Waals surface area contributed by atoms with Gasteiger partial charge in [-0.05, 0) is 32.1 Å². The molecule has 0 aromatic heterocycles. The molecule has 0 unspecified atom stereocenters. The first kappa shape index (κ1) is 17.2. The number of hydrogen-bond acceptors (Lipinski definition) is 6. The van der Waals surface area contributed by atoms with Crippen LogP contribution in [-0.2, 0) is 28.6 Å². The fourth-order valence-electron chi connectivity index (χ4n) is 2.91. The summed E-state index contributed by atoms with van der Waals surface area (Å²) in [4.78, 5) is 36.3. The van der Waals surface area contributed by atoms with Crippen LogP contribution in [0.25, 0.3) is 0 Å². The van der Waals surface area contributed by atoms with Gasteiger partial charge in [-0.3, -0.25) is 14.4 Å². The Morgan fingerprint density at radius 3 is 2.19 bits per heavy atom. The molecule has 0 N–H and O–H groups in total. The molecule has 118 valence electrons. The monoisotopic (exact) mass is 298 g/mol. The fourth-order valence-corrected chi connectivity index (χ4v) is 2.91. The highest BCUT2D eigenvalue weighted by atomic mass is 16.5. The molecule has 0 spiro atoms. The van der Waals surface area contributed by atoms with Gasteiger partial charge in [-0.15, -0.1) is 6.58 Å². The molecule has 0 amide bonds. The maximum atomic E-state index is 12.2. The smallest absolute Gasteiger partial charge is 0.323 e. The van der Waals surface area contributed by atoms with Gasteiger partial charge in [-0.1, -0.05) is 6.08 Å². The van der Waals surface area contributed by atoms with Crippen LogP contribution in [0.15, 0.2) is 12.7 Å². The maximum Gasteiger partial charge on any atom is 0.323 e. The molecule has 0 saturated heterocycles.